The van der Waals surface area contributed by atoms with Crippen molar-refractivity contribution in [3.63, 3.8) is 0 Å². The average molecular weight is 481 g/mol. The molecule has 0 fully saturated rings. The predicted octanol–water partition coefficient (Wildman–Crippen LogP) is 4.21. The molecule has 1 heterocycles. The summed E-state index contributed by atoms with van der Waals surface area (Å²) in [4.78, 5) is 13.7. The van der Waals surface area contributed by atoms with Crippen LogP contribution in [-0.2, 0) is 37.5 Å². The van der Waals surface area contributed by atoms with E-state index < -0.39 is 5.38 Å². The van der Waals surface area contributed by atoms with Gasteiger partial charge in [0.2, 0.25) is 5.91 Å². The maximum absolute atomic E-state index is 12.0. The molecule has 1 aromatic rings. The maximum atomic E-state index is 12.0. The predicted molar refractivity (Wildman–Crippen MR) is 80.1 cm³/mol. The number of hydrogen-bond donors (Lipinski definition) is 0. The van der Waals surface area contributed by atoms with Crippen molar-refractivity contribution < 1.29 is 37.5 Å². The molecule has 0 saturated heterocycles. The molecular weight excluding hydrogens is 470 g/mol. The number of benzene rings is 1. The first-order valence-electron chi connectivity index (χ1n) is 5.56. The summed E-state index contributed by atoms with van der Waals surface area (Å²) in [5.41, 5.74) is 1.76. The van der Waals surface area contributed by atoms with Crippen LogP contribution in [0.1, 0.15) is 18.9 Å². The summed E-state index contributed by atoms with van der Waals surface area (Å²) >= 11 is 12.9. The Hall–Kier alpha value is 0.784. The van der Waals surface area contributed by atoms with Crippen LogP contribution < -0.4 is 0 Å². The second-order valence-corrected chi connectivity index (χ2v) is 6.20. The number of hydrogen-bond acceptors (Lipinski definition) is 1. The van der Waals surface area contributed by atoms with Gasteiger partial charge in [0.15, 0.2) is 0 Å². The summed E-state index contributed by atoms with van der Waals surface area (Å²) < 4.78 is 1.91. The van der Waals surface area contributed by atoms with Crippen LogP contribution in [-0.4, -0.2) is 22.7 Å². The minimum Gasteiger partial charge on any atom is -0.346 e. The van der Waals surface area contributed by atoms with Gasteiger partial charge in [0.05, 0.1) is 0 Å². The zero-order valence-electron chi connectivity index (χ0n) is 10.3. The third-order valence-corrected chi connectivity index (χ3v) is 4.25. The van der Waals surface area contributed by atoms with Gasteiger partial charge in [-0.05, 0) is 6.92 Å². The molecule has 0 spiro atoms. The second kappa shape index (κ2) is 7.70. The molecule has 1 aliphatic rings. The summed E-state index contributed by atoms with van der Waals surface area (Å²) in [7, 11) is 0. The molecule has 1 unspecified atom stereocenters. The van der Waals surface area contributed by atoms with Crippen LogP contribution in [0.4, 0.5) is 0 Å². The molecule has 0 aromatic heterocycles. The van der Waals surface area contributed by atoms with E-state index in [2.05, 4.69) is 37.9 Å². The first-order chi connectivity index (χ1) is 8.54. The molecule has 2 nitrogen and oxygen atoms in total. The molecule has 1 atom stereocenters. The smallest absolute Gasteiger partial charge is 0.241 e. The fourth-order valence-corrected chi connectivity index (χ4v) is 3.31. The SMILES string of the molecule is CCN1C(=O)C(Cl)C[C-]=C1c1ccc(Br)cc1Br.[Y]. The molecule has 1 radical (unpaired) electrons. The molecule has 1 amide bonds. The average Bonchev–Trinajstić information content (AvgIpc) is 2.33. The van der Waals surface area contributed by atoms with Crippen molar-refractivity contribution in [2.45, 2.75) is 18.7 Å². The molecule has 19 heavy (non-hydrogen) atoms. The monoisotopic (exact) mass is 479 g/mol. The summed E-state index contributed by atoms with van der Waals surface area (Å²) in [6.45, 7) is 2.52. The molecule has 6 heteroatoms. The van der Waals surface area contributed by atoms with Crippen molar-refractivity contribution in [1.29, 1.82) is 0 Å². The van der Waals surface area contributed by atoms with Gasteiger partial charge in [-0.3, -0.25) is 4.79 Å². The van der Waals surface area contributed by atoms with E-state index in [1.807, 2.05) is 25.1 Å². The number of alkyl halides is 1. The van der Waals surface area contributed by atoms with Gasteiger partial charge in [-0.25, -0.2) is 6.08 Å². The van der Waals surface area contributed by atoms with Crippen LogP contribution in [0.5, 0.6) is 0 Å². The molecule has 1 aromatic carbocycles. The van der Waals surface area contributed by atoms with Gasteiger partial charge < -0.3 is 4.90 Å². The Balaban J connectivity index is 0.00000180. The summed E-state index contributed by atoms with van der Waals surface area (Å²) in [5, 5.41) is -0.497. The van der Waals surface area contributed by atoms with Gasteiger partial charge in [0, 0.05) is 43.7 Å². The van der Waals surface area contributed by atoms with E-state index in [1.54, 1.807) is 4.90 Å². The molecule has 1 aliphatic heterocycles. The number of allylic oxidation sites excluding steroid dienone is 1. The summed E-state index contributed by atoms with van der Waals surface area (Å²) in [5.74, 6) is -0.0530. The Morgan fingerprint density at radius 2 is 2.16 bits per heavy atom. The summed E-state index contributed by atoms with van der Waals surface area (Å²) in [6, 6.07) is 5.86. The van der Waals surface area contributed by atoms with Gasteiger partial charge in [-0.2, -0.15) is 0 Å². The van der Waals surface area contributed by atoms with Crippen LogP contribution in [0.2, 0.25) is 0 Å². The first-order valence-corrected chi connectivity index (χ1v) is 7.58. The van der Waals surface area contributed by atoms with E-state index in [4.69, 9.17) is 11.6 Å². The van der Waals surface area contributed by atoms with Gasteiger partial charge in [-0.1, -0.05) is 54.9 Å². The zero-order valence-corrected chi connectivity index (χ0v) is 17.1. The van der Waals surface area contributed by atoms with Crippen LogP contribution in [0, 0.1) is 6.08 Å². The van der Waals surface area contributed by atoms with Crippen molar-refractivity contribution in [3.05, 3.63) is 38.8 Å². The Kier molecular flexibility index (Phi) is 7.22. The van der Waals surface area contributed by atoms with E-state index in [0.29, 0.717) is 13.0 Å². The molecular formula is C13H11Br2ClNOY-. The van der Waals surface area contributed by atoms with Crippen LogP contribution in [0.25, 0.3) is 5.70 Å². The first kappa shape index (κ1) is 17.8. The van der Waals surface area contributed by atoms with Crippen molar-refractivity contribution in [2.24, 2.45) is 0 Å². The van der Waals surface area contributed by atoms with E-state index >= 15 is 0 Å². The number of carbonyl (C=O) groups excluding carboxylic acids is 1. The van der Waals surface area contributed by atoms with E-state index in [-0.39, 0.29) is 38.6 Å². The standard InChI is InChI=1S/C13H11Br2ClNO.Y/c1-2-17-12(6-5-11(16)13(17)18)9-4-3-8(14)7-10(9)15;/h3-4,7,11H,2,5H2,1H3;/q-1;. The van der Waals surface area contributed by atoms with Crippen molar-refractivity contribution in [3.8, 4) is 0 Å². The minimum atomic E-state index is -0.497. The third kappa shape index (κ3) is 3.91. The molecule has 0 aliphatic carbocycles. The fourth-order valence-electron chi connectivity index (χ4n) is 1.88. The molecule has 0 N–H and O–H groups in total. The minimum absolute atomic E-state index is 0. The van der Waals surface area contributed by atoms with Crippen LogP contribution in [0.3, 0.4) is 0 Å². The molecule has 99 valence electrons. The molecule has 0 saturated carbocycles. The Bertz CT molecular complexity index is 521. The van der Waals surface area contributed by atoms with Crippen molar-refractivity contribution in [2.75, 3.05) is 6.54 Å². The Morgan fingerprint density at radius 1 is 1.47 bits per heavy atom. The zero-order chi connectivity index (χ0) is 13.3. The topological polar surface area (TPSA) is 20.3 Å². The third-order valence-electron chi connectivity index (χ3n) is 2.76. The molecule has 2 rings (SSSR count). The number of amides is 1. The van der Waals surface area contributed by atoms with Gasteiger partial charge in [-0.15, -0.1) is 28.9 Å². The Morgan fingerprint density at radius 3 is 2.74 bits per heavy atom. The van der Waals surface area contributed by atoms with Crippen LogP contribution >= 0.6 is 43.5 Å². The largest absolute Gasteiger partial charge is 0.346 e. The van der Waals surface area contributed by atoms with E-state index in [9.17, 15) is 4.79 Å². The Labute approximate surface area is 160 Å². The normalized spacial score (nSPS) is 18.9. The van der Waals surface area contributed by atoms with Crippen LogP contribution in [0.15, 0.2) is 27.1 Å². The fraction of sp³-hybridized carbons (Fsp3) is 0.308. The number of rotatable bonds is 2. The second-order valence-electron chi connectivity index (χ2n) is 3.90. The number of halogens is 3. The van der Waals surface area contributed by atoms with E-state index in [0.717, 1.165) is 20.2 Å². The molecule has 0 bridgehead atoms. The van der Waals surface area contributed by atoms with Gasteiger partial charge >= 0.3 is 0 Å². The van der Waals surface area contributed by atoms with Gasteiger partial charge in [0.25, 0.3) is 0 Å². The quantitative estimate of drug-likeness (QED) is 0.458. The number of nitrogens with zero attached hydrogens (tertiary/aromatic N) is 1. The summed E-state index contributed by atoms with van der Waals surface area (Å²) in [6.07, 6.45) is 3.67. The number of carbonyl (C=O) groups is 1. The van der Waals surface area contributed by atoms with Gasteiger partial charge in [0.1, 0.15) is 5.38 Å². The van der Waals surface area contributed by atoms with Crippen molar-refractivity contribution >= 4 is 55.1 Å². The van der Waals surface area contributed by atoms with E-state index in [1.165, 1.54) is 0 Å². The maximum Gasteiger partial charge on any atom is 0.241 e. The van der Waals surface area contributed by atoms with Crippen molar-refractivity contribution in [1.82, 2.24) is 4.90 Å².